The molecule has 1 amide bonds. The van der Waals surface area contributed by atoms with Crippen molar-refractivity contribution < 1.29 is 24.0 Å². The number of carbonyl (C=O) groups excluding carboxylic acids is 1. The van der Waals surface area contributed by atoms with E-state index in [9.17, 15) is 4.79 Å². The second-order valence-electron chi connectivity index (χ2n) is 12.6. The van der Waals surface area contributed by atoms with Gasteiger partial charge >= 0.3 is 6.09 Å². The predicted octanol–water partition coefficient (Wildman–Crippen LogP) is 6.40. The lowest BCUT2D eigenvalue weighted by molar-refractivity contribution is -0.390. The maximum absolute atomic E-state index is 12.5. The van der Waals surface area contributed by atoms with Gasteiger partial charge in [-0.2, -0.15) is 9.78 Å². The molecule has 0 aromatic heterocycles. The van der Waals surface area contributed by atoms with Gasteiger partial charge in [0.15, 0.2) is 0 Å². The van der Waals surface area contributed by atoms with Gasteiger partial charge in [0, 0.05) is 37.8 Å². The fourth-order valence-electron chi connectivity index (χ4n) is 8.42. The zero-order chi connectivity index (χ0) is 23.6. The predicted molar refractivity (Wildman–Crippen MR) is 129 cm³/mol. The minimum Gasteiger partial charge on any atom is -0.410 e. The summed E-state index contributed by atoms with van der Waals surface area (Å²) >= 11 is 0. The molecule has 7 fully saturated rings. The Morgan fingerprint density at radius 3 is 2.31 bits per heavy atom. The van der Waals surface area contributed by atoms with E-state index in [1.807, 2.05) is 17.0 Å². The highest BCUT2D eigenvalue weighted by Gasteiger charge is 2.67. The zero-order valence-electron chi connectivity index (χ0n) is 21.0. The number of nitrogens with zero attached hydrogens (tertiary/aromatic N) is 1. The number of rotatable bonds is 2. The van der Waals surface area contributed by atoms with Crippen molar-refractivity contribution >= 4 is 6.09 Å². The van der Waals surface area contributed by atoms with Crippen LogP contribution in [0.25, 0.3) is 0 Å². The number of likely N-dealkylation sites (tertiary alicyclic amines) is 1. The molecule has 1 aromatic carbocycles. The Morgan fingerprint density at radius 2 is 1.63 bits per heavy atom. The Bertz CT molecular complexity index is 926. The summed E-state index contributed by atoms with van der Waals surface area (Å²) in [5.74, 6) is 3.28. The van der Waals surface area contributed by atoms with Crippen LogP contribution in [0.3, 0.4) is 0 Å². The van der Waals surface area contributed by atoms with E-state index in [4.69, 9.17) is 19.2 Å². The van der Waals surface area contributed by atoms with Gasteiger partial charge in [-0.3, -0.25) is 0 Å². The van der Waals surface area contributed by atoms with Crippen molar-refractivity contribution in [3.05, 3.63) is 29.8 Å². The molecule has 35 heavy (non-hydrogen) atoms. The van der Waals surface area contributed by atoms with Crippen LogP contribution in [0, 0.1) is 29.6 Å². The standard InChI is InChI=1S/C29H39NO5/c1-19-8-11-30(12-9-19)27(31)32-26-6-4-22(5-7-26)23-3-2-10-28(18-23)33-29(35-34-28)24-14-20-13-21(16-24)17-25(29)15-20/h4-7,19-21,23-25H,2-3,8-18H2,1H3/t20?,21?,23?,24?,25?,28-,29?/m1/s1. The second-order valence-corrected chi connectivity index (χ2v) is 12.6. The van der Waals surface area contributed by atoms with Gasteiger partial charge in [-0.05, 0) is 99.2 Å². The third-order valence-electron chi connectivity index (χ3n) is 10.2. The van der Waals surface area contributed by atoms with Crippen molar-refractivity contribution in [2.45, 2.75) is 95.0 Å². The second kappa shape index (κ2) is 8.46. The van der Waals surface area contributed by atoms with Crippen molar-refractivity contribution in [3.8, 4) is 5.75 Å². The van der Waals surface area contributed by atoms with Gasteiger partial charge in [-0.15, -0.1) is 0 Å². The van der Waals surface area contributed by atoms with Crippen molar-refractivity contribution in [3.63, 3.8) is 0 Å². The van der Waals surface area contributed by atoms with E-state index in [0.717, 1.165) is 63.5 Å². The molecule has 8 rings (SSSR count). The summed E-state index contributed by atoms with van der Waals surface area (Å²) in [6.45, 7) is 3.82. The summed E-state index contributed by atoms with van der Waals surface area (Å²) in [6.07, 6.45) is 12.2. The van der Waals surface area contributed by atoms with Crippen LogP contribution in [-0.4, -0.2) is 35.7 Å². The molecule has 6 heteroatoms. The molecule has 2 aliphatic heterocycles. The Hall–Kier alpha value is -1.63. The quantitative estimate of drug-likeness (QED) is 0.457. The normalized spacial score (nSPS) is 42.8. The van der Waals surface area contributed by atoms with E-state index in [2.05, 4.69) is 19.1 Å². The fourth-order valence-corrected chi connectivity index (χ4v) is 8.42. The lowest BCUT2D eigenvalue weighted by Gasteiger charge is -2.57. The smallest absolute Gasteiger partial charge is 0.410 e. The molecule has 4 bridgehead atoms. The maximum Gasteiger partial charge on any atom is 0.415 e. The van der Waals surface area contributed by atoms with E-state index in [1.54, 1.807) is 0 Å². The van der Waals surface area contributed by atoms with Crippen LogP contribution in [0.5, 0.6) is 5.75 Å². The first-order chi connectivity index (χ1) is 17.0. The molecule has 5 aliphatic carbocycles. The van der Waals surface area contributed by atoms with Crippen LogP contribution in [0.15, 0.2) is 24.3 Å². The molecule has 7 aliphatic rings. The summed E-state index contributed by atoms with van der Waals surface area (Å²) in [4.78, 5) is 26.8. The zero-order valence-corrected chi connectivity index (χ0v) is 21.0. The molecule has 1 unspecified atom stereocenters. The van der Waals surface area contributed by atoms with E-state index in [0.29, 0.717) is 29.4 Å². The van der Waals surface area contributed by atoms with Gasteiger partial charge in [0.25, 0.3) is 0 Å². The van der Waals surface area contributed by atoms with Crippen LogP contribution in [0.2, 0.25) is 0 Å². The van der Waals surface area contributed by atoms with Crippen molar-refractivity contribution in [2.24, 2.45) is 29.6 Å². The summed E-state index contributed by atoms with van der Waals surface area (Å²) < 4.78 is 12.6. The summed E-state index contributed by atoms with van der Waals surface area (Å²) in [5, 5.41) is 0. The lowest BCUT2D eigenvalue weighted by atomic mass is 9.53. The molecule has 6 nitrogen and oxygen atoms in total. The third kappa shape index (κ3) is 3.91. The number of benzene rings is 1. The number of amides is 1. The molecule has 0 N–H and O–H groups in total. The molecule has 5 saturated carbocycles. The minimum absolute atomic E-state index is 0.230. The minimum atomic E-state index is -0.616. The van der Waals surface area contributed by atoms with Crippen LogP contribution in [0.4, 0.5) is 4.79 Å². The van der Waals surface area contributed by atoms with Crippen LogP contribution in [0.1, 0.15) is 89.0 Å². The molecule has 2 spiro atoms. The highest BCUT2D eigenvalue weighted by atomic mass is 17.3. The number of ether oxygens (including phenoxy) is 2. The monoisotopic (exact) mass is 481 g/mol. The number of hydrogen-bond donors (Lipinski definition) is 0. The van der Waals surface area contributed by atoms with Crippen LogP contribution in [-0.2, 0) is 14.5 Å². The van der Waals surface area contributed by atoms with Gasteiger partial charge in [0.2, 0.25) is 11.6 Å². The Morgan fingerprint density at radius 1 is 0.943 bits per heavy atom. The van der Waals surface area contributed by atoms with Crippen molar-refractivity contribution in [1.82, 2.24) is 4.90 Å². The van der Waals surface area contributed by atoms with E-state index in [-0.39, 0.29) is 6.09 Å². The molecule has 2 heterocycles. The van der Waals surface area contributed by atoms with Gasteiger partial charge in [-0.25, -0.2) is 4.79 Å². The Kier molecular flexibility index (Phi) is 5.45. The number of carbonyl (C=O) groups is 1. The highest BCUT2D eigenvalue weighted by Crippen LogP contribution is 2.64. The third-order valence-corrected chi connectivity index (χ3v) is 10.2. The fraction of sp³-hybridized carbons (Fsp3) is 0.759. The molecule has 2 saturated heterocycles. The first-order valence-electron chi connectivity index (χ1n) is 14.1. The summed E-state index contributed by atoms with van der Waals surface area (Å²) in [6, 6.07) is 8.10. The van der Waals surface area contributed by atoms with Gasteiger partial charge < -0.3 is 14.4 Å². The Balaban J connectivity index is 1.01. The molecule has 190 valence electrons. The van der Waals surface area contributed by atoms with Crippen molar-refractivity contribution in [2.75, 3.05) is 13.1 Å². The van der Waals surface area contributed by atoms with Gasteiger partial charge in [-0.1, -0.05) is 19.1 Å². The lowest BCUT2D eigenvalue weighted by Crippen LogP contribution is -2.59. The van der Waals surface area contributed by atoms with Crippen LogP contribution >= 0.6 is 0 Å². The number of hydrogen-bond acceptors (Lipinski definition) is 5. The van der Waals surface area contributed by atoms with Gasteiger partial charge in [0.1, 0.15) is 5.75 Å². The van der Waals surface area contributed by atoms with E-state index < -0.39 is 11.6 Å². The van der Waals surface area contributed by atoms with E-state index >= 15 is 0 Å². The molecular formula is C29H39NO5. The Labute approximate surface area is 208 Å². The average Bonchev–Trinajstić information content (AvgIpc) is 3.22. The molecule has 2 atom stereocenters. The molecule has 1 aromatic rings. The average molecular weight is 482 g/mol. The summed E-state index contributed by atoms with van der Waals surface area (Å²) in [7, 11) is 0. The van der Waals surface area contributed by atoms with Crippen LogP contribution < -0.4 is 4.74 Å². The largest absolute Gasteiger partial charge is 0.415 e. The maximum atomic E-state index is 12.5. The number of piperidine rings is 1. The van der Waals surface area contributed by atoms with Gasteiger partial charge in [0.05, 0.1) is 0 Å². The molecular weight excluding hydrogens is 442 g/mol. The first-order valence-corrected chi connectivity index (χ1v) is 14.1. The topological polar surface area (TPSA) is 57.2 Å². The highest BCUT2D eigenvalue weighted by molar-refractivity contribution is 5.70. The SMILES string of the molecule is CC1CCN(C(=O)Oc2ccc(C3CCC[C@]4(C3)OOC3(O4)C4CC5CC(C4)CC3C5)cc2)CC1. The van der Waals surface area contributed by atoms with E-state index in [1.165, 1.54) is 37.7 Å². The molecule has 0 radical (unpaired) electrons. The first kappa shape index (κ1) is 22.6. The van der Waals surface area contributed by atoms with Crippen molar-refractivity contribution in [1.29, 1.82) is 0 Å². The summed E-state index contributed by atoms with van der Waals surface area (Å²) in [5.41, 5.74) is 1.26.